The van der Waals surface area contributed by atoms with Crippen molar-refractivity contribution in [1.82, 2.24) is 9.97 Å². The van der Waals surface area contributed by atoms with Crippen LogP contribution in [0.5, 0.6) is 11.5 Å². The van der Waals surface area contributed by atoms with Gasteiger partial charge in [0.25, 0.3) is 5.91 Å². The van der Waals surface area contributed by atoms with Gasteiger partial charge in [0.05, 0.1) is 16.8 Å². The maximum atomic E-state index is 13.6. The highest BCUT2D eigenvalue weighted by Gasteiger charge is 2.24. The van der Waals surface area contributed by atoms with Crippen LogP contribution in [0.3, 0.4) is 0 Å². The molecular weight excluding hydrogens is 410 g/mol. The minimum absolute atomic E-state index is 0.0855. The fraction of sp³-hybridized carbons (Fsp3) is 0.208. The number of ether oxygens (including phenoxy) is 2. The molecule has 31 heavy (non-hydrogen) atoms. The number of aryl methyl sites for hydroxylation is 2. The van der Waals surface area contributed by atoms with Gasteiger partial charge in [-0.15, -0.1) is 0 Å². The van der Waals surface area contributed by atoms with Gasteiger partial charge in [0.2, 0.25) is 0 Å². The number of benzene rings is 2. The molecule has 4 aromatic rings. The lowest BCUT2D eigenvalue weighted by molar-refractivity contribution is 0.0984. The standard InChI is InChI=1S/C24H21N3O3S/c1-15-5-6-18(16(2)10-15)23(28)27(14-17-4-3-7-25-13-17)24-26-19-11-20-21(12-22(19)31-24)30-9-8-29-20/h3-7,10-13H,8-9,14H2,1-2H3. The monoisotopic (exact) mass is 431 g/mol. The van der Waals surface area contributed by atoms with Crippen LogP contribution in [0.15, 0.2) is 54.9 Å². The predicted molar refractivity (Wildman–Crippen MR) is 121 cm³/mol. The fourth-order valence-corrected chi connectivity index (χ4v) is 4.64. The van der Waals surface area contributed by atoms with E-state index in [0.29, 0.717) is 42.0 Å². The zero-order chi connectivity index (χ0) is 21.4. The van der Waals surface area contributed by atoms with Gasteiger partial charge in [-0.2, -0.15) is 0 Å². The van der Waals surface area contributed by atoms with Crippen molar-refractivity contribution in [2.75, 3.05) is 18.1 Å². The van der Waals surface area contributed by atoms with Crippen molar-refractivity contribution in [2.24, 2.45) is 0 Å². The van der Waals surface area contributed by atoms with Crippen LogP contribution in [0.2, 0.25) is 0 Å². The Hall–Kier alpha value is -3.45. The molecule has 0 atom stereocenters. The van der Waals surface area contributed by atoms with Gasteiger partial charge >= 0.3 is 0 Å². The summed E-state index contributed by atoms with van der Waals surface area (Å²) in [5.74, 6) is 1.32. The van der Waals surface area contributed by atoms with E-state index in [9.17, 15) is 4.79 Å². The molecule has 0 saturated heterocycles. The third kappa shape index (κ3) is 3.84. The Labute approximate surface area is 184 Å². The van der Waals surface area contributed by atoms with E-state index in [-0.39, 0.29) is 5.91 Å². The molecular formula is C24H21N3O3S. The van der Waals surface area contributed by atoms with Crippen LogP contribution in [0.25, 0.3) is 10.2 Å². The number of aromatic nitrogens is 2. The molecule has 2 aromatic carbocycles. The van der Waals surface area contributed by atoms with Gasteiger partial charge in [0, 0.05) is 30.1 Å². The van der Waals surface area contributed by atoms with Crippen LogP contribution in [-0.2, 0) is 6.54 Å². The maximum absolute atomic E-state index is 13.6. The van der Waals surface area contributed by atoms with Gasteiger partial charge < -0.3 is 9.47 Å². The third-order valence-corrected chi connectivity index (χ3v) is 6.23. The molecule has 5 rings (SSSR count). The fourth-order valence-electron chi connectivity index (χ4n) is 3.67. The lowest BCUT2D eigenvalue weighted by Gasteiger charge is -2.21. The summed E-state index contributed by atoms with van der Waals surface area (Å²) in [7, 11) is 0. The molecule has 2 aromatic heterocycles. The minimum Gasteiger partial charge on any atom is -0.486 e. The van der Waals surface area contributed by atoms with Crippen molar-refractivity contribution in [3.63, 3.8) is 0 Å². The first-order chi connectivity index (χ1) is 15.1. The van der Waals surface area contributed by atoms with Crippen molar-refractivity contribution in [1.29, 1.82) is 0 Å². The summed E-state index contributed by atoms with van der Waals surface area (Å²) in [5.41, 5.74) is 4.46. The molecule has 0 fully saturated rings. The summed E-state index contributed by atoms with van der Waals surface area (Å²) < 4.78 is 12.3. The van der Waals surface area contributed by atoms with Crippen LogP contribution >= 0.6 is 11.3 Å². The van der Waals surface area contributed by atoms with E-state index >= 15 is 0 Å². The van der Waals surface area contributed by atoms with Gasteiger partial charge in [-0.3, -0.25) is 14.7 Å². The van der Waals surface area contributed by atoms with E-state index in [4.69, 9.17) is 14.5 Å². The zero-order valence-electron chi connectivity index (χ0n) is 17.3. The Kier molecular flexibility index (Phi) is 5.03. The Morgan fingerprint density at radius 2 is 1.90 bits per heavy atom. The molecule has 0 saturated carbocycles. The topological polar surface area (TPSA) is 64.6 Å². The largest absolute Gasteiger partial charge is 0.486 e. The van der Waals surface area contributed by atoms with Crippen LogP contribution < -0.4 is 14.4 Å². The number of fused-ring (bicyclic) bond motifs is 2. The average molecular weight is 432 g/mol. The Morgan fingerprint density at radius 3 is 2.65 bits per heavy atom. The number of carbonyl (C=O) groups is 1. The van der Waals surface area contributed by atoms with E-state index < -0.39 is 0 Å². The Bertz CT molecular complexity index is 1230. The molecule has 7 heteroatoms. The number of carbonyl (C=O) groups excluding carboxylic acids is 1. The summed E-state index contributed by atoms with van der Waals surface area (Å²) >= 11 is 1.47. The van der Waals surface area contributed by atoms with Gasteiger partial charge in [-0.1, -0.05) is 35.1 Å². The summed E-state index contributed by atoms with van der Waals surface area (Å²) in [5, 5.41) is 0.631. The normalized spacial score (nSPS) is 12.7. The third-order valence-electron chi connectivity index (χ3n) is 5.19. The van der Waals surface area contributed by atoms with Crippen LogP contribution in [0.1, 0.15) is 27.0 Å². The summed E-state index contributed by atoms with van der Waals surface area (Å²) in [6.07, 6.45) is 3.50. The number of pyridine rings is 1. The number of anilines is 1. The van der Waals surface area contributed by atoms with Crippen molar-refractivity contribution in [2.45, 2.75) is 20.4 Å². The van der Waals surface area contributed by atoms with Gasteiger partial charge in [0.15, 0.2) is 16.6 Å². The van der Waals surface area contributed by atoms with Gasteiger partial charge in [0.1, 0.15) is 13.2 Å². The van der Waals surface area contributed by atoms with Crippen molar-refractivity contribution in [3.8, 4) is 11.5 Å². The van der Waals surface area contributed by atoms with Gasteiger partial charge in [-0.05, 0) is 37.1 Å². The molecule has 0 spiro atoms. The first-order valence-corrected chi connectivity index (χ1v) is 10.9. The summed E-state index contributed by atoms with van der Waals surface area (Å²) in [6.45, 7) is 5.42. The average Bonchev–Trinajstić information content (AvgIpc) is 3.18. The van der Waals surface area contributed by atoms with Crippen molar-refractivity contribution < 1.29 is 14.3 Å². The first-order valence-electron chi connectivity index (χ1n) is 10.1. The molecule has 156 valence electrons. The van der Waals surface area contributed by atoms with E-state index in [1.165, 1.54) is 11.3 Å². The molecule has 0 radical (unpaired) electrons. The van der Waals surface area contributed by atoms with Crippen LogP contribution in [0, 0.1) is 13.8 Å². The lowest BCUT2D eigenvalue weighted by atomic mass is 10.0. The van der Waals surface area contributed by atoms with Crippen LogP contribution in [-0.4, -0.2) is 29.1 Å². The second-order valence-corrected chi connectivity index (χ2v) is 8.54. The number of rotatable bonds is 4. The second-order valence-electron chi connectivity index (χ2n) is 7.53. The molecule has 0 unspecified atom stereocenters. The van der Waals surface area contributed by atoms with E-state index in [1.807, 2.05) is 56.3 Å². The number of hydrogen-bond acceptors (Lipinski definition) is 6. The molecule has 0 bridgehead atoms. The van der Waals surface area contributed by atoms with Crippen molar-refractivity contribution in [3.05, 3.63) is 77.1 Å². The van der Waals surface area contributed by atoms with Crippen LogP contribution in [0.4, 0.5) is 5.13 Å². The highest BCUT2D eigenvalue weighted by atomic mass is 32.1. The van der Waals surface area contributed by atoms with Gasteiger partial charge in [-0.25, -0.2) is 4.98 Å². The first kappa shape index (κ1) is 19.5. The molecule has 6 nitrogen and oxygen atoms in total. The molecule has 0 aliphatic carbocycles. The Morgan fingerprint density at radius 1 is 1.10 bits per heavy atom. The highest BCUT2D eigenvalue weighted by molar-refractivity contribution is 7.22. The smallest absolute Gasteiger partial charge is 0.260 e. The number of amides is 1. The molecule has 1 aliphatic heterocycles. The molecule has 3 heterocycles. The zero-order valence-corrected chi connectivity index (χ0v) is 18.1. The van der Waals surface area contributed by atoms with E-state index in [1.54, 1.807) is 17.3 Å². The predicted octanol–water partition coefficient (Wildman–Crippen LogP) is 4.93. The Balaban J connectivity index is 1.58. The molecule has 1 amide bonds. The van der Waals surface area contributed by atoms with Crippen molar-refractivity contribution >= 4 is 32.6 Å². The number of hydrogen-bond donors (Lipinski definition) is 0. The lowest BCUT2D eigenvalue weighted by Crippen LogP contribution is -2.31. The van der Waals surface area contributed by atoms with E-state index in [0.717, 1.165) is 26.9 Å². The quantitative estimate of drug-likeness (QED) is 0.459. The second kappa shape index (κ2) is 8.00. The number of nitrogens with zero attached hydrogens (tertiary/aromatic N) is 3. The number of thiazole rings is 1. The molecule has 1 aliphatic rings. The minimum atomic E-state index is -0.0855. The van der Waals surface area contributed by atoms with E-state index in [2.05, 4.69) is 4.98 Å². The summed E-state index contributed by atoms with van der Waals surface area (Å²) in [4.78, 5) is 24.3. The molecule has 0 N–H and O–H groups in total. The SMILES string of the molecule is Cc1ccc(C(=O)N(Cc2cccnc2)c2nc3cc4c(cc3s2)OCCO4)c(C)c1. The maximum Gasteiger partial charge on any atom is 0.260 e. The summed E-state index contributed by atoms with van der Waals surface area (Å²) in [6, 6.07) is 13.5. The highest BCUT2D eigenvalue weighted by Crippen LogP contribution is 2.39.